The SMILES string of the molecule is COc1cc(Br)cc(NC(C)c2cc(Cl)ccc2Cl)c1. The lowest BCUT2D eigenvalue weighted by Gasteiger charge is -2.18. The van der Waals surface area contributed by atoms with E-state index in [1.807, 2.05) is 31.2 Å². The van der Waals surface area contributed by atoms with E-state index in [0.717, 1.165) is 21.5 Å². The highest BCUT2D eigenvalue weighted by atomic mass is 79.9. The first-order valence-corrected chi connectivity index (χ1v) is 7.60. The van der Waals surface area contributed by atoms with Gasteiger partial charge in [0.25, 0.3) is 0 Å². The standard InChI is InChI=1S/C15H14BrCl2NO/c1-9(14-7-11(17)3-4-15(14)18)19-12-5-10(16)6-13(8-12)20-2/h3-9,19H,1-2H3. The molecule has 2 aromatic rings. The maximum Gasteiger partial charge on any atom is 0.122 e. The van der Waals surface area contributed by atoms with Crippen molar-refractivity contribution in [1.29, 1.82) is 0 Å². The van der Waals surface area contributed by atoms with Crippen molar-refractivity contribution in [1.82, 2.24) is 0 Å². The van der Waals surface area contributed by atoms with Crippen LogP contribution in [0.25, 0.3) is 0 Å². The first-order valence-electron chi connectivity index (χ1n) is 6.05. The summed E-state index contributed by atoms with van der Waals surface area (Å²) in [5.41, 5.74) is 1.90. The summed E-state index contributed by atoms with van der Waals surface area (Å²) in [7, 11) is 1.64. The van der Waals surface area contributed by atoms with Crippen LogP contribution >= 0.6 is 39.1 Å². The van der Waals surface area contributed by atoms with Crippen molar-refractivity contribution in [2.24, 2.45) is 0 Å². The third kappa shape index (κ3) is 3.81. The molecule has 0 aromatic heterocycles. The Bertz CT molecular complexity index is 619. The molecule has 2 rings (SSSR count). The summed E-state index contributed by atoms with van der Waals surface area (Å²) in [6, 6.07) is 11.3. The zero-order chi connectivity index (χ0) is 14.7. The minimum absolute atomic E-state index is 0.0280. The number of nitrogens with one attached hydrogen (secondary N) is 1. The lowest BCUT2D eigenvalue weighted by atomic mass is 10.1. The van der Waals surface area contributed by atoms with Gasteiger partial charge >= 0.3 is 0 Å². The van der Waals surface area contributed by atoms with Gasteiger partial charge in [0, 0.05) is 26.3 Å². The number of halogens is 3. The van der Waals surface area contributed by atoms with Crippen LogP contribution in [0.2, 0.25) is 10.0 Å². The average Bonchev–Trinajstić information content (AvgIpc) is 2.40. The third-order valence-corrected chi connectivity index (χ3v) is 3.95. The Kier molecular flexibility index (Phi) is 5.19. The maximum absolute atomic E-state index is 6.21. The Morgan fingerprint density at radius 3 is 2.60 bits per heavy atom. The van der Waals surface area contributed by atoms with Crippen molar-refractivity contribution in [3.63, 3.8) is 0 Å². The Labute approximate surface area is 137 Å². The number of anilines is 1. The van der Waals surface area contributed by atoms with Gasteiger partial charge in [0.05, 0.1) is 13.2 Å². The summed E-state index contributed by atoms with van der Waals surface area (Å²) < 4.78 is 6.20. The first kappa shape index (κ1) is 15.5. The van der Waals surface area contributed by atoms with E-state index < -0.39 is 0 Å². The van der Waals surface area contributed by atoms with E-state index in [9.17, 15) is 0 Å². The fourth-order valence-electron chi connectivity index (χ4n) is 1.94. The summed E-state index contributed by atoms with van der Waals surface area (Å²) >= 11 is 15.7. The molecule has 20 heavy (non-hydrogen) atoms. The molecule has 2 aromatic carbocycles. The molecule has 106 valence electrons. The van der Waals surface area contributed by atoms with E-state index in [4.69, 9.17) is 27.9 Å². The highest BCUT2D eigenvalue weighted by Gasteiger charge is 2.11. The molecule has 2 nitrogen and oxygen atoms in total. The Hall–Kier alpha value is -0.900. The quantitative estimate of drug-likeness (QED) is 0.715. The zero-order valence-corrected chi connectivity index (χ0v) is 14.2. The highest BCUT2D eigenvalue weighted by molar-refractivity contribution is 9.10. The molecule has 1 N–H and O–H groups in total. The number of methoxy groups -OCH3 is 1. The van der Waals surface area contributed by atoms with Crippen LogP contribution in [-0.2, 0) is 0 Å². The van der Waals surface area contributed by atoms with Gasteiger partial charge in [0.2, 0.25) is 0 Å². The van der Waals surface area contributed by atoms with Crippen LogP contribution in [0.3, 0.4) is 0 Å². The van der Waals surface area contributed by atoms with Crippen LogP contribution in [0.5, 0.6) is 5.75 Å². The summed E-state index contributed by atoms with van der Waals surface area (Å²) in [5, 5.41) is 4.75. The van der Waals surface area contributed by atoms with E-state index in [0.29, 0.717) is 10.0 Å². The second-order valence-corrected chi connectivity index (χ2v) is 6.17. The van der Waals surface area contributed by atoms with Crippen molar-refractivity contribution in [3.05, 3.63) is 56.5 Å². The third-order valence-electron chi connectivity index (χ3n) is 2.91. The second-order valence-electron chi connectivity index (χ2n) is 4.41. The summed E-state index contributed by atoms with van der Waals surface area (Å²) in [6.07, 6.45) is 0. The topological polar surface area (TPSA) is 21.3 Å². The molecule has 0 saturated carbocycles. The van der Waals surface area contributed by atoms with E-state index in [-0.39, 0.29) is 6.04 Å². The first-order chi connectivity index (χ1) is 9.49. The van der Waals surface area contributed by atoms with Crippen LogP contribution in [0.15, 0.2) is 40.9 Å². The Balaban J connectivity index is 2.25. The van der Waals surface area contributed by atoms with Crippen molar-refractivity contribution in [3.8, 4) is 5.75 Å². The van der Waals surface area contributed by atoms with Crippen molar-refractivity contribution in [2.75, 3.05) is 12.4 Å². The number of ether oxygens (including phenoxy) is 1. The molecule has 0 bridgehead atoms. The van der Waals surface area contributed by atoms with Crippen molar-refractivity contribution < 1.29 is 4.74 Å². The predicted molar refractivity (Wildman–Crippen MR) is 89.2 cm³/mol. The molecular weight excluding hydrogens is 361 g/mol. The minimum atomic E-state index is 0.0280. The van der Waals surface area contributed by atoms with E-state index in [2.05, 4.69) is 21.2 Å². The fraction of sp³-hybridized carbons (Fsp3) is 0.200. The molecule has 1 atom stereocenters. The van der Waals surface area contributed by atoms with E-state index in [1.165, 1.54) is 0 Å². The maximum atomic E-state index is 6.21. The summed E-state index contributed by atoms with van der Waals surface area (Å²) in [5.74, 6) is 0.784. The van der Waals surface area contributed by atoms with Crippen molar-refractivity contribution >= 4 is 44.8 Å². The van der Waals surface area contributed by atoms with Gasteiger partial charge in [-0.15, -0.1) is 0 Å². The molecule has 1 unspecified atom stereocenters. The van der Waals surface area contributed by atoms with Gasteiger partial charge in [-0.1, -0.05) is 39.1 Å². The van der Waals surface area contributed by atoms with Gasteiger partial charge in [0.1, 0.15) is 5.75 Å². The lowest BCUT2D eigenvalue weighted by molar-refractivity contribution is 0.414. The molecule has 0 aliphatic carbocycles. The van der Waals surface area contributed by atoms with Gasteiger partial charge < -0.3 is 10.1 Å². The average molecular weight is 375 g/mol. The molecular formula is C15H14BrCl2NO. The smallest absolute Gasteiger partial charge is 0.122 e. The largest absolute Gasteiger partial charge is 0.497 e. The van der Waals surface area contributed by atoms with Gasteiger partial charge in [-0.05, 0) is 42.8 Å². The van der Waals surface area contributed by atoms with E-state index in [1.54, 1.807) is 19.2 Å². The molecule has 5 heteroatoms. The minimum Gasteiger partial charge on any atom is -0.497 e. The number of hydrogen-bond donors (Lipinski definition) is 1. The highest BCUT2D eigenvalue weighted by Crippen LogP contribution is 2.31. The number of benzene rings is 2. The number of rotatable bonds is 4. The van der Waals surface area contributed by atoms with Crippen LogP contribution in [0, 0.1) is 0 Å². The molecule has 0 fully saturated rings. The van der Waals surface area contributed by atoms with Crippen LogP contribution < -0.4 is 10.1 Å². The molecule has 0 spiro atoms. The van der Waals surface area contributed by atoms with Gasteiger partial charge in [0.15, 0.2) is 0 Å². The summed E-state index contributed by atoms with van der Waals surface area (Å²) in [6.45, 7) is 2.03. The summed E-state index contributed by atoms with van der Waals surface area (Å²) in [4.78, 5) is 0. The molecule has 0 saturated heterocycles. The lowest BCUT2D eigenvalue weighted by Crippen LogP contribution is -2.07. The predicted octanol–water partition coefficient (Wildman–Crippen LogP) is 5.94. The Morgan fingerprint density at radius 1 is 1.15 bits per heavy atom. The second kappa shape index (κ2) is 6.70. The fourth-order valence-corrected chi connectivity index (χ4v) is 2.87. The van der Waals surface area contributed by atoms with Crippen LogP contribution in [0.4, 0.5) is 5.69 Å². The van der Waals surface area contributed by atoms with Gasteiger partial charge in [-0.2, -0.15) is 0 Å². The molecule has 0 aliphatic heterocycles. The number of hydrogen-bond acceptors (Lipinski definition) is 2. The Morgan fingerprint density at radius 2 is 1.90 bits per heavy atom. The van der Waals surface area contributed by atoms with Gasteiger partial charge in [-0.25, -0.2) is 0 Å². The van der Waals surface area contributed by atoms with Crippen molar-refractivity contribution in [2.45, 2.75) is 13.0 Å². The molecule has 0 aliphatic rings. The monoisotopic (exact) mass is 373 g/mol. The van der Waals surface area contributed by atoms with Crippen LogP contribution in [0.1, 0.15) is 18.5 Å². The van der Waals surface area contributed by atoms with E-state index >= 15 is 0 Å². The zero-order valence-electron chi connectivity index (χ0n) is 11.1. The molecule has 0 amide bonds. The van der Waals surface area contributed by atoms with Gasteiger partial charge in [-0.3, -0.25) is 0 Å². The molecule has 0 radical (unpaired) electrons. The molecule has 0 heterocycles. The van der Waals surface area contributed by atoms with Crippen LogP contribution in [-0.4, -0.2) is 7.11 Å². The normalized spacial score (nSPS) is 12.1.